The summed E-state index contributed by atoms with van der Waals surface area (Å²) in [6, 6.07) is 6.67. The maximum Gasteiger partial charge on any atom is 0.128 e. The van der Waals surface area contributed by atoms with E-state index in [9.17, 15) is 9.50 Å². The number of hydrogen-bond donors (Lipinski definition) is 2. The van der Waals surface area contributed by atoms with E-state index in [1.165, 1.54) is 6.07 Å². The Morgan fingerprint density at radius 3 is 2.89 bits per heavy atom. The number of aliphatic hydroxyl groups is 1. The minimum atomic E-state index is -0.239. The molecular weight excluding hydrogens is 247 g/mol. The van der Waals surface area contributed by atoms with Crippen molar-refractivity contribution in [2.75, 3.05) is 26.3 Å². The fourth-order valence-corrected chi connectivity index (χ4v) is 2.57. The second kappa shape index (κ2) is 6.43. The van der Waals surface area contributed by atoms with Gasteiger partial charge in [-0.15, -0.1) is 0 Å². The van der Waals surface area contributed by atoms with Crippen molar-refractivity contribution in [3.05, 3.63) is 35.6 Å². The zero-order valence-corrected chi connectivity index (χ0v) is 11.1. The number of nitrogens with zero attached hydrogens (tertiary/aromatic N) is 1. The summed E-state index contributed by atoms with van der Waals surface area (Å²) < 4.78 is 19.4. The van der Waals surface area contributed by atoms with Gasteiger partial charge in [0.25, 0.3) is 0 Å². The van der Waals surface area contributed by atoms with Crippen LogP contribution in [0.15, 0.2) is 24.3 Å². The zero-order valence-electron chi connectivity index (χ0n) is 11.1. The van der Waals surface area contributed by atoms with Gasteiger partial charge in [-0.2, -0.15) is 0 Å². The normalized spacial score (nSPS) is 26.3. The summed E-state index contributed by atoms with van der Waals surface area (Å²) in [5, 5.41) is 9.22. The van der Waals surface area contributed by atoms with E-state index in [-0.39, 0.29) is 30.6 Å². The summed E-state index contributed by atoms with van der Waals surface area (Å²) >= 11 is 0. The van der Waals surface area contributed by atoms with Crippen LogP contribution in [0.5, 0.6) is 0 Å². The highest BCUT2D eigenvalue weighted by Crippen LogP contribution is 2.27. The van der Waals surface area contributed by atoms with E-state index >= 15 is 0 Å². The fourth-order valence-electron chi connectivity index (χ4n) is 2.57. The maximum atomic E-state index is 13.9. The molecule has 106 valence electrons. The first kappa shape index (κ1) is 14.4. The third kappa shape index (κ3) is 3.12. The van der Waals surface area contributed by atoms with Gasteiger partial charge in [-0.3, -0.25) is 4.90 Å². The highest BCUT2D eigenvalue weighted by atomic mass is 19.1. The van der Waals surface area contributed by atoms with Crippen LogP contribution in [-0.2, 0) is 4.74 Å². The van der Waals surface area contributed by atoms with Gasteiger partial charge in [0.1, 0.15) is 5.82 Å². The third-order valence-corrected chi connectivity index (χ3v) is 3.65. The molecule has 4 nitrogen and oxygen atoms in total. The molecule has 0 radical (unpaired) electrons. The molecular formula is C14H21FN2O2. The SMILES string of the molecule is CC1COC(CO)CN1C(CN)c1ccccc1F. The first-order chi connectivity index (χ1) is 9.17. The van der Waals surface area contributed by atoms with E-state index in [2.05, 4.69) is 4.90 Å². The summed E-state index contributed by atoms with van der Waals surface area (Å²) in [5.41, 5.74) is 6.45. The van der Waals surface area contributed by atoms with Gasteiger partial charge < -0.3 is 15.6 Å². The van der Waals surface area contributed by atoms with E-state index in [1.54, 1.807) is 12.1 Å². The number of benzene rings is 1. The van der Waals surface area contributed by atoms with Crippen LogP contribution < -0.4 is 5.73 Å². The molecule has 3 N–H and O–H groups in total. The lowest BCUT2D eigenvalue weighted by Gasteiger charge is -2.42. The number of morpholine rings is 1. The highest BCUT2D eigenvalue weighted by Gasteiger charge is 2.32. The molecule has 1 aromatic rings. The third-order valence-electron chi connectivity index (χ3n) is 3.65. The minimum Gasteiger partial charge on any atom is -0.394 e. The van der Waals surface area contributed by atoms with Crippen molar-refractivity contribution in [1.29, 1.82) is 0 Å². The fraction of sp³-hybridized carbons (Fsp3) is 0.571. The maximum absolute atomic E-state index is 13.9. The van der Waals surface area contributed by atoms with Crippen LogP contribution in [0, 0.1) is 5.82 Å². The minimum absolute atomic E-state index is 0.0300. The molecule has 0 saturated carbocycles. The Balaban J connectivity index is 2.23. The summed E-state index contributed by atoms with van der Waals surface area (Å²) in [6.45, 7) is 3.42. The van der Waals surface area contributed by atoms with Gasteiger partial charge in [0.15, 0.2) is 0 Å². The van der Waals surface area contributed by atoms with Crippen molar-refractivity contribution in [1.82, 2.24) is 4.90 Å². The van der Waals surface area contributed by atoms with Crippen LogP contribution >= 0.6 is 0 Å². The van der Waals surface area contributed by atoms with E-state index in [0.717, 1.165) is 0 Å². The second-order valence-corrected chi connectivity index (χ2v) is 4.96. The summed E-state index contributed by atoms with van der Waals surface area (Å²) in [7, 11) is 0. The monoisotopic (exact) mass is 268 g/mol. The first-order valence-corrected chi connectivity index (χ1v) is 6.60. The standard InChI is InChI=1S/C14H21FN2O2/c1-10-9-19-11(8-18)7-17(10)14(6-16)12-4-2-3-5-13(12)15/h2-5,10-11,14,18H,6-9,16H2,1H3. The lowest BCUT2D eigenvalue weighted by molar-refractivity contribution is -0.0910. The van der Waals surface area contributed by atoms with Crippen LogP contribution in [0.2, 0.25) is 0 Å². The van der Waals surface area contributed by atoms with E-state index < -0.39 is 0 Å². The van der Waals surface area contributed by atoms with Crippen LogP contribution in [0.1, 0.15) is 18.5 Å². The Morgan fingerprint density at radius 2 is 2.26 bits per heavy atom. The average Bonchev–Trinajstić information content (AvgIpc) is 2.43. The van der Waals surface area contributed by atoms with Crippen LogP contribution in [0.4, 0.5) is 4.39 Å². The van der Waals surface area contributed by atoms with Crippen molar-refractivity contribution in [2.24, 2.45) is 5.73 Å². The van der Waals surface area contributed by atoms with Gasteiger partial charge >= 0.3 is 0 Å². The Kier molecular flexibility index (Phi) is 4.87. The Morgan fingerprint density at radius 1 is 1.53 bits per heavy atom. The molecule has 5 heteroatoms. The van der Waals surface area contributed by atoms with E-state index in [0.29, 0.717) is 25.3 Å². The molecule has 19 heavy (non-hydrogen) atoms. The molecule has 3 unspecified atom stereocenters. The zero-order chi connectivity index (χ0) is 13.8. The summed E-state index contributed by atoms with van der Waals surface area (Å²) in [6.07, 6.45) is -0.225. The molecule has 1 heterocycles. The average molecular weight is 268 g/mol. The molecule has 0 aliphatic carbocycles. The Labute approximate surface area is 113 Å². The number of aliphatic hydroxyl groups excluding tert-OH is 1. The largest absolute Gasteiger partial charge is 0.394 e. The second-order valence-electron chi connectivity index (χ2n) is 4.96. The van der Waals surface area contributed by atoms with Crippen LogP contribution in [-0.4, -0.2) is 48.5 Å². The molecule has 1 aromatic carbocycles. The molecule has 1 aliphatic heterocycles. The number of halogens is 1. The molecule has 0 amide bonds. The van der Waals surface area contributed by atoms with Gasteiger partial charge in [0.05, 0.1) is 25.4 Å². The molecule has 0 aromatic heterocycles. The quantitative estimate of drug-likeness (QED) is 0.852. The summed E-state index contributed by atoms with van der Waals surface area (Å²) in [5.74, 6) is -0.239. The van der Waals surface area contributed by atoms with Crippen molar-refractivity contribution >= 4 is 0 Å². The molecule has 1 aliphatic rings. The van der Waals surface area contributed by atoms with Crippen molar-refractivity contribution in [2.45, 2.75) is 25.1 Å². The molecule has 0 spiro atoms. The Bertz CT molecular complexity index is 416. The first-order valence-electron chi connectivity index (χ1n) is 6.60. The lowest BCUT2D eigenvalue weighted by Crippen LogP contribution is -2.52. The molecule has 1 saturated heterocycles. The Hall–Kier alpha value is -1.01. The number of ether oxygens (including phenoxy) is 1. The number of rotatable bonds is 4. The topological polar surface area (TPSA) is 58.7 Å². The molecule has 3 atom stereocenters. The molecule has 1 fully saturated rings. The van der Waals surface area contributed by atoms with Gasteiger partial charge in [-0.25, -0.2) is 4.39 Å². The van der Waals surface area contributed by atoms with E-state index in [1.807, 2.05) is 13.0 Å². The molecule has 2 rings (SSSR count). The van der Waals surface area contributed by atoms with Crippen LogP contribution in [0.3, 0.4) is 0 Å². The van der Waals surface area contributed by atoms with Gasteiger partial charge in [0.2, 0.25) is 0 Å². The predicted octanol–water partition coefficient (Wildman–Crippen LogP) is 0.907. The van der Waals surface area contributed by atoms with E-state index in [4.69, 9.17) is 10.5 Å². The number of nitrogens with two attached hydrogens (primary N) is 1. The molecule has 0 bridgehead atoms. The van der Waals surface area contributed by atoms with Gasteiger partial charge in [-0.1, -0.05) is 18.2 Å². The van der Waals surface area contributed by atoms with Gasteiger partial charge in [-0.05, 0) is 13.0 Å². The smallest absolute Gasteiger partial charge is 0.128 e. The predicted molar refractivity (Wildman–Crippen MR) is 71.2 cm³/mol. The van der Waals surface area contributed by atoms with Gasteiger partial charge in [0, 0.05) is 24.7 Å². The highest BCUT2D eigenvalue weighted by molar-refractivity contribution is 5.22. The lowest BCUT2D eigenvalue weighted by atomic mass is 10.0. The van der Waals surface area contributed by atoms with Crippen molar-refractivity contribution in [3.8, 4) is 0 Å². The number of hydrogen-bond acceptors (Lipinski definition) is 4. The van der Waals surface area contributed by atoms with Crippen molar-refractivity contribution < 1.29 is 14.2 Å². The van der Waals surface area contributed by atoms with Crippen LogP contribution in [0.25, 0.3) is 0 Å². The van der Waals surface area contributed by atoms with Crippen molar-refractivity contribution in [3.63, 3.8) is 0 Å². The summed E-state index contributed by atoms with van der Waals surface area (Å²) in [4.78, 5) is 2.11.